The van der Waals surface area contributed by atoms with Crippen molar-refractivity contribution in [3.63, 3.8) is 0 Å². The highest BCUT2D eigenvalue weighted by Crippen LogP contribution is 2.20. The molecule has 1 amide bonds. The smallest absolute Gasteiger partial charge is 0.413 e. The number of imidazole rings is 2. The Balaban J connectivity index is 1.16. The first kappa shape index (κ1) is 20.3. The maximum atomic E-state index is 12.5. The molecule has 1 aliphatic rings. The Bertz CT molecular complexity index is 891. The molecule has 1 aromatic carbocycles. The molecular weight excluding hydrogens is 402 g/mol. The molecule has 30 heavy (non-hydrogen) atoms. The zero-order valence-corrected chi connectivity index (χ0v) is 17.5. The van der Waals surface area contributed by atoms with Gasteiger partial charge in [-0.25, -0.2) is 14.8 Å². The molecule has 0 radical (unpaired) electrons. The van der Waals surface area contributed by atoms with Crippen LogP contribution in [0.1, 0.15) is 18.4 Å². The molecule has 3 aromatic rings. The molecule has 3 heterocycles. The number of amides is 1. The number of aromatic nitrogens is 4. The molecule has 2 aromatic heterocycles. The molecule has 0 atom stereocenters. The molecule has 1 saturated heterocycles. The number of aryl methyl sites for hydroxylation is 1. The van der Waals surface area contributed by atoms with Crippen LogP contribution < -0.4 is 9.57 Å². The summed E-state index contributed by atoms with van der Waals surface area (Å²) in [6, 6.07) is 7.73. The van der Waals surface area contributed by atoms with Gasteiger partial charge in [-0.2, -0.15) is 4.73 Å². The van der Waals surface area contributed by atoms with E-state index in [-0.39, 0.29) is 6.09 Å². The van der Waals surface area contributed by atoms with E-state index in [1.165, 1.54) is 5.56 Å². The Morgan fingerprint density at radius 3 is 2.73 bits per heavy atom. The third-order valence-corrected chi connectivity index (χ3v) is 5.95. The number of nitrogens with one attached hydrogen (secondary N) is 1. The first-order chi connectivity index (χ1) is 14.8. The summed E-state index contributed by atoms with van der Waals surface area (Å²) in [6.45, 7) is 1.98. The van der Waals surface area contributed by atoms with Crippen molar-refractivity contribution in [3.05, 3.63) is 60.9 Å². The Labute approximate surface area is 179 Å². The van der Waals surface area contributed by atoms with Crippen LogP contribution in [0.15, 0.2) is 60.5 Å². The number of carbonyl (C=O) groups is 1. The summed E-state index contributed by atoms with van der Waals surface area (Å²) >= 11 is 1.69. The van der Waals surface area contributed by atoms with Crippen molar-refractivity contribution in [2.24, 2.45) is 5.92 Å². The molecule has 9 heteroatoms. The zero-order valence-electron chi connectivity index (χ0n) is 16.6. The van der Waals surface area contributed by atoms with Gasteiger partial charge in [0.15, 0.2) is 5.16 Å². The van der Waals surface area contributed by atoms with Gasteiger partial charge in [-0.15, -0.1) is 0 Å². The standard InChI is InChI=1S/C21H25N5O3S/c27-21(25-11-5-18(6-12-25)15-28-26-13-10-22-16-26)29-19-3-1-17(2-4-19)7-14-30-20-23-8-9-24-20/h1-4,8-10,13,16,18H,5-7,11-12,14-15H2,(H,23,24). The van der Waals surface area contributed by atoms with Gasteiger partial charge in [-0.1, -0.05) is 23.9 Å². The van der Waals surface area contributed by atoms with Crippen molar-refractivity contribution < 1.29 is 14.4 Å². The predicted octanol–water partition coefficient (Wildman–Crippen LogP) is 3.28. The summed E-state index contributed by atoms with van der Waals surface area (Å²) in [5.41, 5.74) is 1.20. The lowest BCUT2D eigenvalue weighted by atomic mass is 9.98. The Hall–Kier alpha value is -2.94. The van der Waals surface area contributed by atoms with Crippen LogP contribution >= 0.6 is 11.8 Å². The molecule has 1 aliphatic heterocycles. The number of H-pyrrole nitrogens is 1. The topological polar surface area (TPSA) is 85.3 Å². The van der Waals surface area contributed by atoms with Crippen molar-refractivity contribution in [1.29, 1.82) is 0 Å². The van der Waals surface area contributed by atoms with Gasteiger partial charge >= 0.3 is 6.09 Å². The molecule has 4 rings (SSSR count). The summed E-state index contributed by atoms with van der Waals surface area (Å²) in [4.78, 5) is 31.1. The van der Waals surface area contributed by atoms with Crippen LogP contribution in [0.2, 0.25) is 0 Å². The normalized spacial score (nSPS) is 14.6. The van der Waals surface area contributed by atoms with Crippen LogP contribution in [0.3, 0.4) is 0 Å². The number of rotatable bonds is 8. The summed E-state index contributed by atoms with van der Waals surface area (Å²) < 4.78 is 7.16. The van der Waals surface area contributed by atoms with Crippen molar-refractivity contribution in [2.45, 2.75) is 24.4 Å². The minimum atomic E-state index is -0.287. The number of benzene rings is 1. The van der Waals surface area contributed by atoms with E-state index in [4.69, 9.17) is 9.57 Å². The van der Waals surface area contributed by atoms with E-state index >= 15 is 0 Å². The first-order valence-corrected chi connectivity index (χ1v) is 11.0. The summed E-state index contributed by atoms with van der Waals surface area (Å²) in [7, 11) is 0. The fraction of sp³-hybridized carbons (Fsp3) is 0.381. The van der Waals surface area contributed by atoms with Crippen LogP contribution in [-0.4, -0.2) is 56.1 Å². The molecule has 1 fully saturated rings. The number of aromatic amines is 1. The molecule has 8 nitrogen and oxygen atoms in total. The number of hydrogen-bond donors (Lipinski definition) is 1. The van der Waals surface area contributed by atoms with Crippen molar-refractivity contribution in [1.82, 2.24) is 24.6 Å². The van der Waals surface area contributed by atoms with E-state index < -0.39 is 0 Å². The van der Waals surface area contributed by atoms with E-state index in [1.807, 2.05) is 30.5 Å². The maximum absolute atomic E-state index is 12.5. The quantitative estimate of drug-likeness (QED) is 0.556. The van der Waals surface area contributed by atoms with Crippen LogP contribution in [0.25, 0.3) is 0 Å². The summed E-state index contributed by atoms with van der Waals surface area (Å²) in [5, 5.41) is 0.928. The average molecular weight is 428 g/mol. The molecule has 0 aliphatic carbocycles. The highest BCUT2D eigenvalue weighted by molar-refractivity contribution is 7.99. The van der Waals surface area contributed by atoms with Crippen molar-refractivity contribution in [2.75, 3.05) is 25.4 Å². The molecule has 0 spiro atoms. The van der Waals surface area contributed by atoms with Crippen molar-refractivity contribution in [3.8, 4) is 5.75 Å². The zero-order chi connectivity index (χ0) is 20.6. The molecule has 1 N–H and O–H groups in total. The number of carbonyl (C=O) groups excluding carboxylic acids is 1. The third-order valence-electron chi connectivity index (χ3n) is 5.04. The Morgan fingerprint density at radius 2 is 2.03 bits per heavy atom. The van der Waals surface area contributed by atoms with Gasteiger partial charge in [0.2, 0.25) is 0 Å². The van der Waals surface area contributed by atoms with Gasteiger partial charge in [0.05, 0.1) is 6.20 Å². The Morgan fingerprint density at radius 1 is 1.20 bits per heavy atom. The van der Waals surface area contributed by atoms with E-state index in [2.05, 4.69) is 15.0 Å². The monoisotopic (exact) mass is 427 g/mol. The van der Waals surface area contributed by atoms with Crippen LogP contribution in [0.4, 0.5) is 4.79 Å². The van der Waals surface area contributed by atoms with Gasteiger partial charge in [-0.3, -0.25) is 0 Å². The van der Waals surface area contributed by atoms with Crippen molar-refractivity contribution >= 4 is 17.9 Å². The lowest BCUT2D eigenvalue weighted by Gasteiger charge is -2.30. The lowest BCUT2D eigenvalue weighted by Crippen LogP contribution is -2.41. The van der Waals surface area contributed by atoms with Gasteiger partial charge in [0, 0.05) is 37.4 Å². The largest absolute Gasteiger partial charge is 0.415 e. The second-order valence-corrected chi connectivity index (χ2v) is 8.24. The number of likely N-dealkylation sites (tertiary alicyclic amines) is 1. The van der Waals surface area contributed by atoms with Crippen LogP contribution in [-0.2, 0) is 6.42 Å². The second-order valence-electron chi connectivity index (χ2n) is 7.15. The summed E-state index contributed by atoms with van der Waals surface area (Å²) in [5.74, 6) is 1.94. The first-order valence-electron chi connectivity index (χ1n) is 10.1. The number of hydrogen-bond acceptors (Lipinski definition) is 6. The van der Waals surface area contributed by atoms with Crippen LogP contribution in [0, 0.1) is 5.92 Å². The highest BCUT2D eigenvalue weighted by atomic mass is 32.2. The number of ether oxygens (including phenoxy) is 1. The van der Waals surface area contributed by atoms with Crippen LogP contribution in [0.5, 0.6) is 5.75 Å². The predicted molar refractivity (Wildman–Crippen MR) is 113 cm³/mol. The van der Waals surface area contributed by atoms with Gasteiger partial charge in [0.1, 0.15) is 18.7 Å². The van der Waals surface area contributed by atoms with Gasteiger partial charge < -0.3 is 19.5 Å². The average Bonchev–Trinajstić information content (AvgIpc) is 3.48. The van der Waals surface area contributed by atoms with E-state index in [1.54, 1.807) is 46.3 Å². The van der Waals surface area contributed by atoms with E-state index in [0.717, 1.165) is 30.2 Å². The molecular formula is C21H25N5O3S. The fourth-order valence-electron chi connectivity index (χ4n) is 3.28. The second kappa shape index (κ2) is 10.2. The Kier molecular flexibility index (Phi) is 6.91. The number of piperidine rings is 1. The SMILES string of the molecule is O=C(Oc1ccc(CCSc2ncc[nH]2)cc1)N1CCC(COn2ccnc2)CC1. The molecule has 0 saturated carbocycles. The molecule has 158 valence electrons. The number of nitrogens with zero attached hydrogens (tertiary/aromatic N) is 4. The fourth-order valence-corrected chi connectivity index (χ4v) is 4.10. The molecule has 0 bridgehead atoms. The maximum Gasteiger partial charge on any atom is 0.415 e. The van der Waals surface area contributed by atoms with E-state index in [9.17, 15) is 4.79 Å². The molecule has 0 unspecified atom stereocenters. The highest BCUT2D eigenvalue weighted by Gasteiger charge is 2.24. The summed E-state index contributed by atoms with van der Waals surface area (Å²) in [6.07, 6.45) is 11.1. The third kappa shape index (κ3) is 5.79. The van der Waals surface area contributed by atoms with E-state index in [0.29, 0.717) is 31.4 Å². The minimum absolute atomic E-state index is 0.287. The van der Waals surface area contributed by atoms with Gasteiger partial charge in [0.25, 0.3) is 0 Å². The number of thioether (sulfide) groups is 1. The lowest BCUT2D eigenvalue weighted by molar-refractivity contribution is 0.0541. The minimum Gasteiger partial charge on any atom is -0.413 e. The van der Waals surface area contributed by atoms with Gasteiger partial charge in [-0.05, 0) is 42.9 Å².